The molecular weight excluding hydrogens is 721 g/mol. The number of nitrogens with two attached hydrogens (primary N) is 2. The van der Waals surface area contributed by atoms with E-state index in [4.69, 9.17) is 11.7 Å². The molecule has 6 N–H and O–H groups in total. The summed E-state index contributed by atoms with van der Waals surface area (Å²) in [7, 11) is -9.89. The maximum Gasteiger partial charge on any atom is 0.279 e. The third-order valence-electron chi connectivity index (χ3n) is 9.37. The average Bonchev–Trinajstić information content (AvgIpc) is 3.11. The maximum atomic E-state index is 13.4. The zero-order chi connectivity index (χ0) is 36.2. The van der Waals surface area contributed by atoms with Crippen LogP contribution < -0.4 is 11.7 Å². The first-order chi connectivity index (χ1) is 23.7. The summed E-state index contributed by atoms with van der Waals surface area (Å²) in [5.41, 5.74) is 1.53. The van der Waals surface area contributed by atoms with Crippen molar-refractivity contribution in [3.05, 3.63) is 118 Å². The molecule has 0 aromatic heterocycles. The van der Waals surface area contributed by atoms with Gasteiger partial charge in [0, 0.05) is 33.8 Å². The van der Waals surface area contributed by atoms with E-state index in [-0.39, 0.29) is 44.8 Å². The van der Waals surface area contributed by atoms with Gasteiger partial charge in [0.15, 0.2) is 9.49 Å². The summed E-state index contributed by atoms with van der Waals surface area (Å²) in [6.45, 7) is 0. The Morgan fingerprint density at radius 3 is 1.28 bits per heavy atom. The van der Waals surface area contributed by atoms with E-state index in [1.165, 1.54) is 47.8 Å². The molecule has 16 heteroatoms. The molecular formula is C34H30N4O8S4. The molecule has 0 radical (unpaired) electrons. The molecule has 12 nitrogen and oxygen atoms in total. The molecule has 0 bridgehead atoms. The molecule has 2 atom stereocenters. The maximum absolute atomic E-state index is 13.4. The highest BCUT2D eigenvalue weighted by atomic mass is 32.2. The number of nitrogens with zero attached hydrogens (tertiary/aromatic N) is 2. The number of thioether (sulfide) groups is 2. The van der Waals surface area contributed by atoms with Gasteiger partial charge in [-0.3, -0.25) is 18.7 Å². The first-order valence-corrected chi connectivity index (χ1v) is 20.2. The first-order valence-electron chi connectivity index (χ1n) is 14.8. The molecule has 258 valence electrons. The normalized spacial score (nSPS) is 22.4. The van der Waals surface area contributed by atoms with Crippen molar-refractivity contribution >= 4 is 66.7 Å². The molecule has 0 heterocycles. The molecule has 0 spiro atoms. The Kier molecular flexibility index (Phi) is 9.07. The van der Waals surface area contributed by atoms with Crippen LogP contribution >= 0.6 is 23.5 Å². The van der Waals surface area contributed by atoms with Gasteiger partial charge in [-0.05, 0) is 58.0 Å². The molecule has 50 heavy (non-hydrogen) atoms. The van der Waals surface area contributed by atoms with Crippen LogP contribution in [0, 0.1) is 0 Å². The van der Waals surface area contributed by atoms with E-state index < -0.39 is 54.1 Å². The Hall–Kier alpha value is -4.32. The number of hydrogen-bond acceptors (Lipinski definition) is 12. The van der Waals surface area contributed by atoms with Crippen LogP contribution in [0.4, 0.5) is 0 Å². The third kappa shape index (κ3) is 5.20. The molecule has 0 amide bonds. The number of ketones is 2. The minimum Gasteiger partial charge on any atom is -0.323 e. The number of hydrazone groups is 2. The molecule has 0 saturated carbocycles. The highest BCUT2D eigenvalue weighted by Gasteiger charge is 2.55. The summed E-state index contributed by atoms with van der Waals surface area (Å²) in [5.74, 6) is 10.0. The molecule has 0 aliphatic heterocycles. The molecule has 0 fully saturated rings. The Morgan fingerprint density at radius 1 is 0.600 bits per heavy atom. The van der Waals surface area contributed by atoms with Crippen molar-refractivity contribution in [2.24, 2.45) is 21.9 Å². The third-order valence-corrected chi connectivity index (χ3v) is 13.9. The van der Waals surface area contributed by atoms with Crippen LogP contribution in [-0.2, 0) is 29.7 Å². The van der Waals surface area contributed by atoms with Gasteiger partial charge in [-0.25, -0.2) is 0 Å². The van der Waals surface area contributed by atoms with Gasteiger partial charge in [-0.2, -0.15) is 27.0 Å². The van der Waals surface area contributed by atoms with Crippen LogP contribution in [0.2, 0.25) is 0 Å². The fourth-order valence-corrected chi connectivity index (χ4v) is 11.0. The first kappa shape index (κ1) is 35.5. The Morgan fingerprint density at radius 2 is 0.960 bits per heavy atom. The van der Waals surface area contributed by atoms with E-state index in [0.29, 0.717) is 20.9 Å². The van der Waals surface area contributed by atoms with Crippen molar-refractivity contribution in [3.8, 4) is 11.1 Å². The van der Waals surface area contributed by atoms with Crippen molar-refractivity contribution in [1.29, 1.82) is 0 Å². The Bertz CT molecular complexity index is 2230. The van der Waals surface area contributed by atoms with Gasteiger partial charge in [0.05, 0.1) is 0 Å². The molecule has 2 aliphatic carbocycles. The summed E-state index contributed by atoms with van der Waals surface area (Å²) < 4.78 is 71.3. The lowest BCUT2D eigenvalue weighted by Gasteiger charge is -2.38. The summed E-state index contributed by atoms with van der Waals surface area (Å²) in [5, 5.41) is 7.18. The highest BCUT2D eigenvalue weighted by molar-refractivity contribution is 7.99. The lowest BCUT2D eigenvalue weighted by molar-refractivity contribution is 0.104. The molecule has 4 aromatic carbocycles. The molecule has 2 unspecified atom stereocenters. The second-order valence-corrected chi connectivity index (χ2v) is 16.7. The van der Waals surface area contributed by atoms with Crippen molar-refractivity contribution in [1.82, 2.24) is 0 Å². The van der Waals surface area contributed by atoms with Gasteiger partial charge in [0.25, 0.3) is 20.2 Å². The van der Waals surface area contributed by atoms with Crippen molar-refractivity contribution in [2.75, 3.05) is 12.5 Å². The number of rotatable bonds is 7. The predicted octanol–water partition coefficient (Wildman–Crippen LogP) is 4.86. The zero-order valence-corrected chi connectivity index (χ0v) is 29.8. The number of Topliss-reactive ketones (excluding diaryl/α,β-unsaturated/α-hetero) is 2. The van der Waals surface area contributed by atoms with Crippen molar-refractivity contribution < 1.29 is 35.5 Å². The quantitative estimate of drug-likeness (QED) is 0.0861. The Balaban J connectivity index is 1.55. The predicted molar refractivity (Wildman–Crippen MR) is 194 cm³/mol. The monoisotopic (exact) mass is 750 g/mol. The van der Waals surface area contributed by atoms with E-state index in [9.17, 15) is 35.5 Å². The molecule has 6 rings (SSSR count). The van der Waals surface area contributed by atoms with Crippen LogP contribution in [-0.4, -0.2) is 61.4 Å². The van der Waals surface area contributed by atoms with Gasteiger partial charge < -0.3 is 11.7 Å². The number of benzene rings is 4. The van der Waals surface area contributed by atoms with Crippen LogP contribution in [0.3, 0.4) is 0 Å². The lowest BCUT2D eigenvalue weighted by Crippen LogP contribution is -2.46. The standard InChI is InChI=1S/C34H30N4O8S4/c1-47-29-15-19(11-13-25(29)33(49(41,42)43)17-27(37-35)31(39)21-7-3-5-9-23(21)33)20-12-14-26(30(16-20)48-2)34(50(44,45)46)18-28(38-36)32(40)22-8-4-6-10-24(22)34/h3-16H,17-18,35-36H2,1-2H3,(H,41,42,43)(H,44,45,46)/b37-27-,38-28+. The van der Waals surface area contributed by atoms with Crippen LogP contribution in [0.15, 0.2) is 105 Å². The van der Waals surface area contributed by atoms with Crippen molar-refractivity contribution in [3.63, 3.8) is 0 Å². The number of carbonyl (C=O) groups is 2. The molecule has 0 saturated heterocycles. The van der Waals surface area contributed by atoms with E-state index >= 15 is 0 Å². The smallest absolute Gasteiger partial charge is 0.279 e. The number of carbonyl (C=O) groups excluding carboxylic acids is 2. The fraction of sp³-hybridized carbons (Fsp3) is 0.176. The number of hydrogen-bond donors (Lipinski definition) is 4. The lowest BCUT2D eigenvalue weighted by atomic mass is 9.75. The summed E-state index contributed by atoms with van der Waals surface area (Å²) >= 11 is 2.45. The van der Waals surface area contributed by atoms with Crippen molar-refractivity contribution in [2.45, 2.75) is 32.1 Å². The topological polar surface area (TPSA) is 220 Å². The summed E-state index contributed by atoms with van der Waals surface area (Å²) in [4.78, 5) is 27.2. The van der Waals surface area contributed by atoms with E-state index in [1.54, 1.807) is 73.2 Å². The van der Waals surface area contributed by atoms with Gasteiger partial charge in [0.2, 0.25) is 11.6 Å². The van der Waals surface area contributed by atoms with Gasteiger partial charge in [-0.1, -0.05) is 72.8 Å². The van der Waals surface area contributed by atoms with Gasteiger partial charge >= 0.3 is 0 Å². The molecule has 2 aliphatic rings. The summed E-state index contributed by atoms with van der Waals surface area (Å²) in [6, 6.07) is 22.1. The second-order valence-electron chi connectivity index (χ2n) is 11.7. The minimum absolute atomic E-state index is 0.0542. The average molecular weight is 751 g/mol. The van der Waals surface area contributed by atoms with E-state index in [1.807, 2.05) is 0 Å². The highest BCUT2D eigenvalue weighted by Crippen LogP contribution is 2.51. The second kappa shape index (κ2) is 12.8. The van der Waals surface area contributed by atoms with Crippen LogP contribution in [0.1, 0.15) is 55.8 Å². The largest absolute Gasteiger partial charge is 0.323 e. The van der Waals surface area contributed by atoms with Gasteiger partial charge in [0.1, 0.15) is 11.4 Å². The van der Waals surface area contributed by atoms with Gasteiger partial charge in [-0.15, -0.1) is 23.5 Å². The summed E-state index contributed by atoms with van der Waals surface area (Å²) in [6.07, 6.45) is 2.49. The van der Waals surface area contributed by atoms with E-state index in [0.717, 1.165) is 0 Å². The number of fused-ring (bicyclic) bond motifs is 2. The fourth-order valence-electron chi connectivity index (χ4n) is 7.04. The van der Waals surface area contributed by atoms with E-state index in [2.05, 4.69) is 10.2 Å². The van der Waals surface area contributed by atoms with Crippen LogP contribution in [0.5, 0.6) is 0 Å². The zero-order valence-electron chi connectivity index (χ0n) is 26.5. The van der Waals surface area contributed by atoms with Crippen LogP contribution in [0.25, 0.3) is 11.1 Å². The minimum atomic E-state index is -4.94. The molecule has 4 aromatic rings. The Labute approximate surface area is 296 Å². The SMILES string of the molecule is CSc1cc(-c2ccc(C3(S(=O)(=O)O)C/C(=N\N)C(=O)c4ccccc43)c(SC)c2)ccc1C1(S(=O)(=O)O)C/C(=N/N)C(=O)c2ccccc21.